The SMILES string of the molecule is N#CCN1CCC(NC(=O)c2ccc(F)cc2O)CC1. The van der Waals surface area contributed by atoms with E-state index in [0.29, 0.717) is 6.54 Å². The summed E-state index contributed by atoms with van der Waals surface area (Å²) in [6.07, 6.45) is 1.52. The number of nitrogens with zero attached hydrogens (tertiary/aromatic N) is 2. The van der Waals surface area contributed by atoms with Gasteiger partial charge in [0.1, 0.15) is 11.6 Å². The number of amides is 1. The predicted molar refractivity (Wildman–Crippen MR) is 70.6 cm³/mol. The molecule has 1 aliphatic rings. The fraction of sp³-hybridized carbons (Fsp3) is 0.429. The van der Waals surface area contributed by atoms with Gasteiger partial charge in [-0.1, -0.05) is 0 Å². The number of piperidine rings is 1. The Kier molecular flexibility index (Phi) is 4.53. The highest BCUT2D eigenvalue weighted by atomic mass is 19.1. The van der Waals surface area contributed by atoms with Gasteiger partial charge in [0.25, 0.3) is 5.91 Å². The van der Waals surface area contributed by atoms with Crippen LogP contribution in [0.3, 0.4) is 0 Å². The average Bonchev–Trinajstić information content (AvgIpc) is 2.41. The van der Waals surface area contributed by atoms with Gasteiger partial charge >= 0.3 is 0 Å². The van der Waals surface area contributed by atoms with Crippen molar-refractivity contribution in [2.24, 2.45) is 0 Å². The van der Waals surface area contributed by atoms with E-state index >= 15 is 0 Å². The van der Waals surface area contributed by atoms with Crippen molar-refractivity contribution in [1.29, 1.82) is 5.26 Å². The first-order valence-corrected chi connectivity index (χ1v) is 6.49. The average molecular weight is 277 g/mol. The van der Waals surface area contributed by atoms with Crippen LogP contribution in [0.25, 0.3) is 0 Å². The Morgan fingerprint density at radius 1 is 1.50 bits per heavy atom. The third kappa shape index (κ3) is 3.45. The zero-order valence-corrected chi connectivity index (χ0v) is 11.0. The first-order chi connectivity index (χ1) is 9.60. The molecule has 0 bridgehead atoms. The molecule has 6 heteroatoms. The maximum Gasteiger partial charge on any atom is 0.255 e. The van der Waals surface area contributed by atoms with E-state index in [1.807, 2.05) is 4.90 Å². The molecule has 0 spiro atoms. The molecule has 0 aliphatic carbocycles. The minimum atomic E-state index is -0.580. The smallest absolute Gasteiger partial charge is 0.255 e. The monoisotopic (exact) mass is 277 g/mol. The summed E-state index contributed by atoms with van der Waals surface area (Å²) in [6.45, 7) is 1.92. The largest absolute Gasteiger partial charge is 0.507 e. The zero-order chi connectivity index (χ0) is 14.5. The van der Waals surface area contributed by atoms with Gasteiger partial charge in [0, 0.05) is 25.2 Å². The Morgan fingerprint density at radius 3 is 2.80 bits per heavy atom. The van der Waals surface area contributed by atoms with Crippen molar-refractivity contribution < 1.29 is 14.3 Å². The summed E-state index contributed by atoms with van der Waals surface area (Å²) in [6, 6.07) is 5.45. The number of nitriles is 1. The molecule has 0 radical (unpaired) electrons. The fourth-order valence-electron chi connectivity index (χ4n) is 2.30. The van der Waals surface area contributed by atoms with Gasteiger partial charge < -0.3 is 10.4 Å². The van der Waals surface area contributed by atoms with Gasteiger partial charge in [-0.05, 0) is 25.0 Å². The van der Waals surface area contributed by atoms with Crippen molar-refractivity contribution in [1.82, 2.24) is 10.2 Å². The molecular weight excluding hydrogens is 261 g/mol. The van der Waals surface area contributed by atoms with E-state index in [-0.39, 0.29) is 17.4 Å². The van der Waals surface area contributed by atoms with Crippen LogP contribution in [-0.4, -0.2) is 41.6 Å². The van der Waals surface area contributed by atoms with Crippen LogP contribution < -0.4 is 5.32 Å². The van der Waals surface area contributed by atoms with Crippen molar-refractivity contribution in [3.8, 4) is 11.8 Å². The molecule has 0 aromatic heterocycles. The number of phenols is 1. The van der Waals surface area contributed by atoms with Gasteiger partial charge in [0.15, 0.2) is 0 Å². The molecule has 1 fully saturated rings. The maximum absolute atomic E-state index is 12.9. The highest BCUT2D eigenvalue weighted by Gasteiger charge is 2.22. The summed E-state index contributed by atoms with van der Waals surface area (Å²) in [7, 11) is 0. The van der Waals surface area contributed by atoms with Crippen LogP contribution in [0, 0.1) is 17.1 Å². The lowest BCUT2D eigenvalue weighted by atomic mass is 10.0. The van der Waals surface area contributed by atoms with Gasteiger partial charge in [0.2, 0.25) is 0 Å². The summed E-state index contributed by atoms with van der Waals surface area (Å²) < 4.78 is 12.9. The highest BCUT2D eigenvalue weighted by Crippen LogP contribution is 2.19. The predicted octanol–water partition coefficient (Wildman–Crippen LogP) is 1.25. The number of hydrogen-bond donors (Lipinski definition) is 2. The minimum absolute atomic E-state index is 0.0156. The fourth-order valence-corrected chi connectivity index (χ4v) is 2.30. The number of carbonyl (C=O) groups excluding carboxylic acids is 1. The van der Waals surface area contributed by atoms with Crippen LogP contribution in [0.2, 0.25) is 0 Å². The van der Waals surface area contributed by atoms with Crippen LogP contribution >= 0.6 is 0 Å². The summed E-state index contributed by atoms with van der Waals surface area (Å²) in [5.74, 6) is -1.34. The third-order valence-corrected chi connectivity index (χ3v) is 3.42. The Morgan fingerprint density at radius 2 is 2.20 bits per heavy atom. The molecule has 0 saturated carbocycles. The lowest BCUT2D eigenvalue weighted by Gasteiger charge is -2.30. The molecule has 1 saturated heterocycles. The molecule has 1 aromatic carbocycles. The molecule has 1 amide bonds. The molecule has 1 aliphatic heterocycles. The quantitative estimate of drug-likeness (QED) is 0.815. The standard InChI is InChI=1S/C14H16FN3O2/c15-10-1-2-12(13(19)9-10)14(20)17-11-3-6-18(7-4-11)8-5-16/h1-2,9,11,19H,3-4,6-8H2,(H,17,20). The number of rotatable bonds is 3. The minimum Gasteiger partial charge on any atom is -0.507 e. The van der Waals surface area contributed by atoms with Crippen LogP contribution in [-0.2, 0) is 0 Å². The van der Waals surface area contributed by atoms with E-state index in [4.69, 9.17) is 5.26 Å². The van der Waals surface area contributed by atoms with Crippen molar-refractivity contribution in [3.63, 3.8) is 0 Å². The lowest BCUT2D eigenvalue weighted by molar-refractivity contribution is 0.0911. The number of phenolic OH excluding ortho intramolecular Hbond substituents is 1. The third-order valence-electron chi connectivity index (χ3n) is 3.42. The van der Waals surface area contributed by atoms with Crippen LogP contribution in [0.1, 0.15) is 23.2 Å². The van der Waals surface area contributed by atoms with Gasteiger partial charge in [0.05, 0.1) is 18.2 Å². The number of aromatic hydroxyl groups is 1. The van der Waals surface area contributed by atoms with Gasteiger partial charge in [-0.15, -0.1) is 0 Å². The number of carbonyl (C=O) groups is 1. The molecule has 1 heterocycles. The van der Waals surface area contributed by atoms with Crippen molar-refractivity contribution in [2.45, 2.75) is 18.9 Å². The molecule has 20 heavy (non-hydrogen) atoms. The van der Waals surface area contributed by atoms with Gasteiger partial charge in [-0.25, -0.2) is 4.39 Å². The number of hydrogen-bond acceptors (Lipinski definition) is 4. The van der Waals surface area contributed by atoms with Crippen LogP contribution in [0.15, 0.2) is 18.2 Å². The second kappa shape index (κ2) is 6.35. The molecule has 2 rings (SSSR count). The number of benzene rings is 1. The Labute approximate surface area is 116 Å². The molecular formula is C14H16FN3O2. The molecule has 0 atom stereocenters. The summed E-state index contributed by atoms with van der Waals surface area (Å²) in [5.41, 5.74) is 0.0749. The number of likely N-dealkylation sites (tertiary alicyclic amines) is 1. The normalized spacial score (nSPS) is 16.6. The summed E-state index contributed by atoms with van der Waals surface area (Å²) in [5, 5.41) is 21.0. The molecule has 1 aromatic rings. The van der Waals surface area contributed by atoms with Crippen molar-refractivity contribution >= 4 is 5.91 Å². The maximum atomic E-state index is 12.9. The van der Waals surface area contributed by atoms with E-state index < -0.39 is 11.7 Å². The molecule has 2 N–H and O–H groups in total. The van der Waals surface area contributed by atoms with E-state index in [1.54, 1.807) is 0 Å². The summed E-state index contributed by atoms with van der Waals surface area (Å²) >= 11 is 0. The molecule has 5 nitrogen and oxygen atoms in total. The van der Waals surface area contributed by atoms with Crippen LogP contribution in [0.4, 0.5) is 4.39 Å². The first kappa shape index (κ1) is 14.3. The Bertz CT molecular complexity index is 534. The lowest BCUT2D eigenvalue weighted by Crippen LogP contribution is -2.44. The van der Waals surface area contributed by atoms with E-state index in [1.165, 1.54) is 6.07 Å². The van der Waals surface area contributed by atoms with E-state index in [9.17, 15) is 14.3 Å². The first-order valence-electron chi connectivity index (χ1n) is 6.49. The Hall–Kier alpha value is -2.13. The topological polar surface area (TPSA) is 76.4 Å². The molecule has 106 valence electrons. The highest BCUT2D eigenvalue weighted by molar-refractivity contribution is 5.96. The summed E-state index contributed by atoms with van der Waals surface area (Å²) in [4.78, 5) is 14.0. The van der Waals surface area contributed by atoms with Gasteiger partial charge in [-0.2, -0.15) is 5.26 Å². The number of halogens is 1. The zero-order valence-electron chi connectivity index (χ0n) is 11.0. The van der Waals surface area contributed by atoms with E-state index in [0.717, 1.165) is 38.1 Å². The van der Waals surface area contributed by atoms with E-state index in [2.05, 4.69) is 11.4 Å². The Balaban J connectivity index is 1.91. The molecule has 0 unspecified atom stereocenters. The van der Waals surface area contributed by atoms with Gasteiger partial charge in [-0.3, -0.25) is 9.69 Å². The number of nitrogens with one attached hydrogen (secondary N) is 1. The van der Waals surface area contributed by atoms with Crippen molar-refractivity contribution in [3.05, 3.63) is 29.6 Å². The van der Waals surface area contributed by atoms with Crippen molar-refractivity contribution in [2.75, 3.05) is 19.6 Å². The second-order valence-corrected chi connectivity index (χ2v) is 4.84. The second-order valence-electron chi connectivity index (χ2n) is 4.84. The van der Waals surface area contributed by atoms with Crippen LogP contribution in [0.5, 0.6) is 5.75 Å².